The lowest BCUT2D eigenvalue weighted by Gasteiger charge is -2.17. The Bertz CT molecular complexity index is 1290. The largest absolute Gasteiger partial charge is 0.497 e. The van der Waals surface area contributed by atoms with Crippen molar-refractivity contribution in [3.05, 3.63) is 83.3 Å². The highest BCUT2D eigenvalue weighted by Crippen LogP contribution is 2.30. The molecule has 1 fully saturated rings. The van der Waals surface area contributed by atoms with Crippen LogP contribution in [0.2, 0.25) is 0 Å². The highest BCUT2D eigenvalue weighted by Gasteiger charge is 2.29. The van der Waals surface area contributed by atoms with Crippen LogP contribution in [0.4, 0.5) is 10.2 Å². The topological polar surface area (TPSA) is 83.1 Å². The van der Waals surface area contributed by atoms with Crippen LogP contribution in [0.3, 0.4) is 0 Å². The Hall–Kier alpha value is -3.94. The van der Waals surface area contributed by atoms with Gasteiger partial charge >= 0.3 is 0 Å². The van der Waals surface area contributed by atoms with Gasteiger partial charge in [0, 0.05) is 36.8 Å². The summed E-state index contributed by atoms with van der Waals surface area (Å²) in [5.41, 5.74) is 3.23. The van der Waals surface area contributed by atoms with E-state index in [0.717, 1.165) is 23.1 Å². The second-order valence-electron chi connectivity index (χ2n) is 8.15. The number of nitrogens with zero attached hydrogens (tertiary/aromatic N) is 3. The minimum absolute atomic E-state index is 0.00583. The number of carbonyl (C=O) groups is 1. The molecule has 0 bridgehead atoms. The molecule has 1 saturated heterocycles. The number of H-pyrrole nitrogens is 1. The first-order valence-corrected chi connectivity index (χ1v) is 10.9. The molecule has 7 nitrogen and oxygen atoms in total. The van der Waals surface area contributed by atoms with Crippen LogP contribution in [0, 0.1) is 5.82 Å². The number of halogens is 1. The summed E-state index contributed by atoms with van der Waals surface area (Å²) in [6, 6.07) is 17.6. The van der Waals surface area contributed by atoms with Crippen molar-refractivity contribution in [2.75, 3.05) is 25.5 Å². The van der Waals surface area contributed by atoms with Gasteiger partial charge in [-0.2, -0.15) is 5.10 Å². The monoisotopic (exact) mass is 445 g/mol. The molecule has 0 unspecified atom stereocenters. The molecular weight excluding hydrogens is 421 g/mol. The molecule has 33 heavy (non-hydrogen) atoms. The maximum atomic E-state index is 13.1. The second-order valence-corrected chi connectivity index (χ2v) is 8.15. The van der Waals surface area contributed by atoms with Crippen molar-refractivity contribution in [2.24, 2.45) is 0 Å². The van der Waals surface area contributed by atoms with Crippen LogP contribution in [-0.2, 0) is 6.54 Å². The normalized spacial score (nSPS) is 15.7. The van der Waals surface area contributed by atoms with Crippen LogP contribution < -0.4 is 10.1 Å². The van der Waals surface area contributed by atoms with E-state index >= 15 is 0 Å². The van der Waals surface area contributed by atoms with Crippen molar-refractivity contribution in [2.45, 2.75) is 18.9 Å². The van der Waals surface area contributed by atoms with Crippen LogP contribution in [0.5, 0.6) is 5.75 Å². The number of hydrogen-bond acceptors (Lipinski definition) is 5. The van der Waals surface area contributed by atoms with E-state index in [9.17, 15) is 9.18 Å². The fraction of sp³-hybridized carbons (Fsp3) is 0.240. The number of fused-ring (bicyclic) bond motifs is 1. The van der Waals surface area contributed by atoms with Gasteiger partial charge < -0.3 is 15.0 Å². The van der Waals surface area contributed by atoms with Gasteiger partial charge in [0.1, 0.15) is 11.6 Å². The van der Waals surface area contributed by atoms with E-state index in [1.807, 2.05) is 35.2 Å². The Morgan fingerprint density at radius 2 is 2.06 bits per heavy atom. The minimum Gasteiger partial charge on any atom is -0.497 e. The Balaban J connectivity index is 1.26. The van der Waals surface area contributed by atoms with Crippen LogP contribution in [0.1, 0.15) is 34.0 Å². The van der Waals surface area contributed by atoms with Crippen molar-refractivity contribution in [1.29, 1.82) is 0 Å². The summed E-state index contributed by atoms with van der Waals surface area (Å²) in [6.07, 6.45) is 0.859. The molecule has 168 valence electrons. The van der Waals surface area contributed by atoms with E-state index in [4.69, 9.17) is 9.72 Å². The number of rotatable bonds is 6. The molecule has 1 aliphatic heterocycles. The van der Waals surface area contributed by atoms with Crippen molar-refractivity contribution < 1.29 is 13.9 Å². The SMILES string of the molecule is COc1cccc(C(=O)N2CC[C@H](c3ccc4c(NCc5ccc(F)cc5)n[nH]c4n3)C2)c1. The van der Waals surface area contributed by atoms with Gasteiger partial charge in [-0.1, -0.05) is 18.2 Å². The third-order valence-corrected chi connectivity index (χ3v) is 6.03. The van der Waals surface area contributed by atoms with E-state index < -0.39 is 0 Å². The van der Waals surface area contributed by atoms with Crippen molar-refractivity contribution in [1.82, 2.24) is 20.1 Å². The van der Waals surface area contributed by atoms with E-state index in [1.165, 1.54) is 12.1 Å². The number of aromatic amines is 1. The third-order valence-electron chi connectivity index (χ3n) is 6.03. The van der Waals surface area contributed by atoms with E-state index in [-0.39, 0.29) is 17.6 Å². The molecule has 1 atom stereocenters. The number of pyridine rings is 1. The zero-order chi connectivity index (χ0) is 22.8. The summed E-state index contributed by atoms with van der Waals surface area (Å²) in [7, 11) is 1.59. The molecule has 2 aromatic heterocycles. The number of hydrogen-bond donors (Lipinski definition) is 2. The molecular formula is C25H24FN5O2. The molecule has 0 saturated carbocycles. The summed E-state index contributed by atoms with van der Waals surface area (Å²) in [5.74, 6) is 1.30. The number of aromatic nitrogens is 3. The Morgan fingerprint density at radius 1 is 1.21 bits per heavy atom. The number of likely N-dealkylation sites (tertiary alicyclic amines) is 1. The third kappa shape index (κ3) is 4.37. The predicted molar refractivity (Wildman–Crippen MR) is 124 cm³/mol. The standard InChI is InChI=1S/C25H24FN5O2/c1-33-20-4-2-3-17(13-20)25(32)31-12-11-18(15-31)22-10-9-21-23(29-30-24(21)28-22)27-14-16-5-7-19(26)8-6-16/h2-10,13,18H,11-12,14-15H2,1H3,(H2,27,28,29,30)/t18-/m0/s1. The molecule has 3 heterocycles. The Kier molecular flexibility index (Phi) is 5.64. The van der Waals surface area contributed by atoms with Gasteiger partial charge in [-0.25, -0.2) is 9.37 Å². The summed E-state index contributed by atoms with van der Waals surface area (Å²) in [5, 5.41) is 11.5. The molecule has 5 rings (SSSR count). The molecule has 1 aliphatic rings. The van der Waals surface area contributed by atoms with Gasteiger partial charge in [-0.3, -0.25) is 9.89 Å². The molecule has 8 heteroatoms. The van der Waals surface area contributed by atoms with E-state index in [0.29, 0.717) is 42.4 Å². The second kappa shape index (κ2) is 8.90. The summed E-state index contributed by atoms with van der Waals surface area (Å²) in [6.45, 7) is 1.85. The predicted octanol–water partition coefficient (Wildman–Crippen LogP) is 4.35. The van der Waals surface area contributed by atoms with Gasteiger partial charge in [0.2, 0.25) is 0 Å². The van der Waals surface area contributed by atoms with E-state index in [1.54, 1.807) is 25.3 Å². The smallest absolute Gasteiger partial charge is 0.254 e. The lowest BCUT2D eigenvalue weighted by Crippen LogP contribution is -2.28. The van der Waals surface area contributed by atoms with Crippen LogP contribution in [0.25, 0.3) is 11.0 Å². The lowest BCUT2D eigenvalue weighted by molar-refractivity contribution is 0.0790. The molecule has 1 amide bonds. The van der Waals surface area contributed by atoms with Gasteiger partial charge in [-0.15, -0.1) is 0 Å². The lowest BCUT2D eigenvalue weighted by atomic mass is 10.0. The Labute approximate surface area is 190 Å². The minimum atomic E-state index is -0.253. The number of methoxy groups -OCH3 is 1. The Morgan fingerprint density at radius 3 is 2.88 bits per heavy atom. The molecule has 4 aromatic rings. The molecule has 0 radical (unpaired) electrons. The first-order chi connectivity index (χ1) is 16.1. The highest BCUT2D eigenvalue weighted by molar-refractivity contribution is 5.95. The zero-order valence-corrected chi connectivity index (χ0v) is 18.2. The van der Waals surface area contributed by atoms with Gasteiger partial charge in [0.25, 0.3) is 5.91 Å². The van der Waals surface area contributed by atoms with Gasteiger partial charge in [0.05, 0.1) is 12.5 Å². The van der Waals surface area contributed by atoms with Crippen LogP contribution in [-0.4, -0.2) is 46.2 Å². The van der Waals surface area contributed by atoms with E-state index in [2.05, 4.69) is 15.5 Å². The number of amides is 1. The fourth-order valence-corrected chi connectivity index (χ4v) is 4.19. The van der Waals surface area contributed by atoms with Crippen LogP contribution in [0.15, 0.2) is 60.7 Å². The fourth-order valence-electron chi connectivity index (χ4n) is 4.19. The molecule has 2 N–H and O–H groups in total. The van der Waals surface area contributed by atoms with Crippen molar-refractivity contribution in [3.63, 3.8) is 0 Å². The van der Waals surface area contributed by atoms with Crippen molar-refractivity contribution >= 4 is 22.8 Å². The number of ether oxygens (including phenoxy) is 1. The first-order valence-electron chi connectivity index (χ1n) is 10.9. The molecule has 0 spiro atoms. The number of anilines is 1. The zero-order valence-electron chi connectivity index (χ0n) is 18.2. The number of carbonyl (C=O) groups excluding carboxylic acids is 1. The number of benzene rings is 2. The maximum Gasteiger partial charge on any atom is 0.254 e. The van der Waals surface area contributed by atoms with Gasteiger partial charge in [0.15, 0.2) is 11.5 Å². The average Bonchev–Trinajstić information content (AvgIpc) is 3.50. The average molecular weight is 445 g/mol. The number of nitrogens with one attached hydrogen (secondary N) is 2. The highest BCUT2D eigenvalue weighted by atomic mass is 19.1. The molecule has 2 aromatic carbocycles. The molecule has 0 aliphatic carbocycles. The summed E-state index contributed by atoms with van der Waals surface area (Å²) in [4.78, 5) is 19.6. The summed E-state index contributed by atoms with van der Waals surface area (Å²) < 4.78 is 18.3. The summed E-state index contributed by atoms with van der Waals surface area (Å²) >= 11 is 0. The quantitative estimate of drug-likeness (QED) is 0.461. The van der Waals surface area contributed by atoms with Crippen LogP contribution >= 0.6 is 0 Å². The van der Waals surface area contributed by atoms with Gasteiger partial charge in [-0.05, 0) is 54.4 Å². The van der Waals surface area contributed by atoms with Crippen molar-refractivity contribution in [3.8, 4) is 5.75 Å². The maximum absolute atomic E-state index is 13.1. The first kappa shape index (κ1) is 20.9.